The minimum absolute atomic E-state index is 0.175. The second kappa shape index (κ2) is 4.80. The lowest BCUT2D eigenvalue weighted by molar-refractivity contribution is 0.204. The van der Waals surface area contributed by atoms with Crippen LogP contribution in [-0.2, 0) is 0 Å². The summed E-state index contributed by atoms with van der Waals surface area (Å²) in [5.74, 6) is 0.175. The van der Waals surface area contributed by atoms with Crippen molar-refractivity contribution >= 4 is 0 Å². The Labute approximate surface area is 74.7 Å². The summed E-state index contributed by atoms with van der Waals surface area (Å²) in [6.45, 7) is 4.98. The van der Waals surface area contributed by atoms with Gasteiger partial charge in [0.25, 0.3) is 0 Å². The smallest absolute Gasteiger partial charge is 0.104 e. The van der Waals surface area contributed by atoms with Gasteiger partial charge in [-0.2, -0.15) is 0 Å². The standard InChI is InChI=1S/C10H20FN/c1-8(2)10(11)7-9-5-3-4-6-12-9/h8-10,12H,3-7H2,1-2H3. The van der Waals surface area contributed by atoms with Gasteiger partial charge in [-0.05, 0) is 31.7 Å². The molecule has 1 saturated heterocycles. The Kier molecular flexibility index (Phi) is 3.99. The first kappa shape index (κ1) is 9.97. The van der Waals surface area contributed by atoms with Crippen molar-refractivity contribution in [1.29, 1.82) is 0 Å². The summed E-state index contributed by atoms with van der Waals surface area (Å²) in [6.07, 6.45) is 3.77. The molecule has 0 saturated carbocycles. The van der Waals surface area contributed by atoms with E-state index in [-0.39, 0.29) is 5.92 Å². The molecule has 0 amide bonds. The number of piperidine rings is 1. The summed E-state index contributed by atoms with van der Waals surface area (Å²) < 4.78 is 13.3. The zero-order chi connectivity index (χ0) is 8.97. The van der Waals surface area contributed by atoms with Crippen molar-refractivity contribution in [2.75, 3.05) is 6.54 Å². The van der Waals surface area contributed by atoms with E-state index in [0.29, 0.717) is 12.5 Å². The van der Waals surface area contributed by atoms with Crippen molar-refractivity contribution < 1.29 is 4.39 Å². The normalized spacial score (nSPS) is 27.5. The molecule has 0 radical (unpaired) electrons. The number of rotatable bonds is 3. The average molecular weight is 173 g/mol. The van der Waals surface area contributed by atoms with Crippen molar-refractivity contribution in [2.45, 2.75) is 51.7 Å². The van der Waals surface area contributed by atoms with Gasteiger partial charge >= 0.3 is 0 Å². The molecule has 1 fully saturated rings. The Hall–Kier alpha value is -0.110. The third-order valence-corrected chi connectivity index (χ3v) is 2.65. The molecule has 1 nitrogen and oxygen atoms in total. The highest BCUT2D eigenvalue weighted by Gasteiger charge is 2.19. The fourth-order valence-electron chi connectivity index (χ4n) is 1.67. The first-order valence-corrected chi connectivity index (χ1v) is 5.07. The van der Waals surface area contributed by atoms with Crippen molar-refractivity contribution in [3.63, 3.8) is 0 Å². The summed E-state index contributed by atoms with van der Waals surface area (Å²) >= 11 is 0. The molecule has 1 rings (SSSR count). The van der Waals surface area contributed by atoms with Crippen molar-refractivity contribution in [2.24, 2.45) is 5.92 Å². The fraction of sp³-hybridized carbons (Fsp3) is 1.00. The lowest BCUT2D eigenvalue weighted by atomic mass is 9.95. The minimum Gasteiger partial charge on any atom is -0.314 e. The molecule has 0 spiro atoms. The van der Waals surface area contributed by atoms with Crippen LogP contribution in [0.15, 0.2) is 0 Å². The summed E-state index contributed by atoms with van der Waals surface area (Å²) in [5.41, 5.74) is 0. The average Bonchev–Trinajstić information content (AvgIpc) is 2.06. The van der Waals surface area contributed by atoms with Crippen LogP contribution in [0.3, 0.4) is 0 Å². The summed E-state index contributed by atoms with van der Waals surface area (Å²) in [7, 11) is 0. The third-order valence-electron chi connectivity index (χ3n) is 2.65. The maximum atomic E-state index is 13.3. The van der Waals surface area contributed by atoms with Crippen LogP contribution in [-0.4, -0.2) is 18.8 Å². The summed E-state index contributed by atoms with van der Waals surface area (Å²) in [5, 5.41) is 3.36. The Morgan fingerprint density at radius 2 is 2.17 bits per heavy atom. The first-order chi connectivity index (χ1) is 5.70. The molecule has 1 N–H and O–H groups in total. The lowest BCUT2D eigenvalue weighted by Crippen LogP contribution is -2.36. The molecule has 2 heteroatoms. The van der Waals surface area contributed by atoms with Gasteiger partial charge in [0, 0.05) is 6.04 Å². The van der Waals surface area contributed by atoms with Gasteiger partial charge in [0.05, 0.1) is 0 Å². The van der Waals surface area contributed by atoms with Crippen molar-refractivity contribution in [1.82, 2.24) is 5.32 Å². The zero-order valence-electron chi connectivity index (χ0n) is 8.15. The molecule has 1 heterocycles. The van der Waals surface area contributed by atoms with E-state index in [0.717, 1.165) is 13.0 Å². The van der Waals surface area contributed by atoms with Crippen LogP contribution in [0.5, 0.6) is 0 Å². The van der Waals surface area contributed by atoms with Gasteiger partial charge in [0.2, 0.25) is 0 Å². The van der Waals surface area contributed by atoms with Crippen LogP contribution in [0.2, 0.25) is 0 Å². The zero-order valence-corrected chi connectivity index (χ0v) is 8.15. The second-order valence-corrected chi connectivity index (χ2v) is 4.14. The van der Waals surface area contributed by atoms with E-state index < -0.39 is 6.17 Å². The van der Waals surface area contributed by atoms with Crippen LogP contribution < -0.4 is 5.32 Å². The van der Waals surface area contributed by atoms with Gasteiger partial charge in [-0.25, -0.2) is 4.39 Å². The third kappa shape index (κ3) is 3.10. The number of alkyl halides is 1. The van der Waals surface area contributed by atoms with E-state index in [2.05, 4.69) is 5.32 Å². The maximum absolute atomic E-state index is 13.3. The molecule has 1 aliphatic rings. The van der Waals surface area contributed by atoms with Gasteiger partial charge in [0.15, 0.2) is 0 Å². The monoisotopic (exact) mass is 173 g/mol. The maximum Gasteiger partial charge on any atom is 0.104 e. The van der Waals surface area contributed by atoms with E-state index in [1.807, 2.05) is 13.8 Å². The van der Waals surface area contributed by atoms with Gasteiger partial charge in [-0.15, -0.1) is 0 Å². The molecule has 0 aromatic carbocycles. The predicted octanol–water partition coefficient (Wildman–Crippen LogP) is 2.51. The van der Waals surface area contributed by atoms with E-state index in [1.165, 1.54) is 12.8 Å². The van der Waals surface area contributed by atoms with Crippen molar-refractivity contribution in [3.8, 4) is 0 Å². The van der Waals surface area contributed by atoms with Gasteiger partial charge in [-0.1, -0.05) is 20.3 Å². The van der Waals surface area contributed by atoms with E-state index in [1.54, 1.807) is 0 Å². The summed E-state index contributed by atoms with van der Waals surface area (Å²) in [4.78, 5) is 0. The molecule has 1 aliphatic heterocycles. The molecular weight excluding hydrogens is 153 g/mol. The summed E-state index contributed by atoms with van der Waals surface area (Å²) in [6, 6.07) is 0.441. The molecular formula is C10H20FN. The SMILES string of the molecule is CC(C)C(F)CC1CCCCN1. The molecule has 0 aromatic rings. The fourth-order valence-corrected chi connectivity index (χ4v) is 1.67. The van der Waals surface area contributed by atoms with Gasteiger partial charge in [-0.3, -0.25) is 0 Å². The minimum atomic E-state index is -0.624. The molecule has 0 aliphatic carbocycles. The number of hydrogen-bond donors (Lipinski definition) is 1. The van der Waals surface area contributed by atoms with Gasteiger partial charge in [0.1, 0.15) is 6.17 Å². The Balaban J connectivity index is 2.20. The lowest BCUT2D eigenvalue weighted by Gasteiger charge is -2.25. The molecule has 12 heavy (non-hydrogen) atoms. The quantitative estimate of drug-likeness (QED) is 0.691. The van der Waals surface area contributed by atoms with E-state index >= 15 is 0 Å². The number of nitrogens with one attached hydrogen (secondary N) is 1. The molecule has 2 atom stereocenters. The predicted molar refractivity (Wildman–Crippen MR) is 50.0 cm³/mol. The molecule has 72 valence electrons. The van der Waals surface area contributed by atoms with Crippen LogP contribution >= 0.6 is 0 Å². The van der Waals surface area contributed by atoms with E-state index in [9.17, 15) is 4.39 Å². The molecule has 0 aromatic heterocycles. The topological polar surface area (TPSA) is 12.0 Å². The molecule has 0 bridgehead atoms. The molecule has 2 unspecified atom stereocenters. The van der Waals surface area contributed by atoms with Crippen LogP contribution in [0.25, 0.3) is 0 Å². The Bertz CT molecular complexity index is 119. The van der Waals surface area contributed by atoms with Crippen LogP contribution in [0.4, 0.5) is 4.39 Å². The van der Waals surface area contributed by atoms with Crippen molar-refractivity contribution in [3.05, 3.63) is 0 Å². The first-order valence-electron chi connectivity index (χ1n) is 5.07. The Morgan fingerprint density at radius 3 is 2.67 bits per heavy atom. The van der Waals surface area contributed by atoms with Crippen LogP contribution in [0, 0.1) is 5.92 Å². The van der Waals surface area contributed by atoms with Crippen LogP contribution in [0.1, 0.15) is 39.5 Å². The number of halogens is 1. The largest absolute Gasteiger partial charge is 0.314 e. The van der Waals surface area contributed by atoms with Gasteiger partial charge < -0.3 is 5.32 Å². The Morgan fingerprint density at radius 1 is 1.42 bits per heavy atom. The highest BCUT2D eigenvalue weighted by Crippen LogP contribution is 2.17. The van der Waals surface area contributed by atoms with E-state index in [4.69, 9.17) is 0 Å². The second-order valence-electron chi connectivity index (χ2n) is 4.14. The highest BCUT2D eigenvalue weighted by molar-refractivity contribution is 4.76. The number of hydrogen-bond acceptors (Lipinski definition) is 1. The highest BCUT2D eigenvalue weighted by atomic mass is 19.1.